The second kappa shape index (κ2) is 4.39. The van der Waals surface area contributed by atoms with Crippen molar-refractivity contribution in [3.63, 3.8) is 0 Å². The van der Waals surface area contributed by atoms with E-state index in [2.05, 4.69) is 0 Å². The van der Waals surface area contributed by atoms with E-state index in [-0.39, 0.29) is 0 Å². The van der Waals surface area contributed by atoms with Crippen LogP contribution in [0.25, 0.3) is 0 Å². The Kier molecular flexibility index (Phi) is 2.81. The van der Waals surface area contributed by atoms with Crippen molar-refractivity contribution in [2.75, 3.05) is 7.11 Å². The summed E-state index contributed by atoms with van der Waals surface area (Å²) >= 11 is 0. The van der Waals surface area contributed by atoms with Crippen molar-refractivity contribution in [3.8, 4) is 5.75 Å². The van der Waals surface area contributed by atoms with Gasteiger partial charge in [0.25, 0.3) is 0 Å². The molecule has 1 aliphatic carbocycles. The number of methoxy groups -OCH3 is 1. The highest BCUT2D eigenvalue weighted by Gasteiger charge is 2.67. The first-order valence-corrected chi connectivity index (χ1v) is 6.78. The molecule has 1 aromatic rings. The predicted molar refractivity (Wildman–Crippen MR) is 67.3 cm³/mol. The molecular formula is C14H16O7. The number of benzene rings is 1. The lowest BCUT2D eigenvalue weighted by Gasteiger charge is -2.60. The molecule has 3 N–H and O–H groups in total. The molecule has 0 atom stereocenters. The fourth-order valence-electron chi connectivity index (χ4n) is 3.21. The smallest absolute Gasteiger partial charge is 0.313 e. The molecule has 7 heteroatoms. The number of hydrogen-bond acceptors (Lipinski definition) is 7. The fraction of sp³-hybridized carbons (Fsp3) is 0.571. The zero-order valence-corrected chi connectivity index (χ0v) is 11.2. The fourth-order valence-corrected chi connectivity index (χ4v) is 3.21. The van der Waals surface area contributed by atoms with Crippen molar-refractivity contribution in [2.24, 2.45) is 0 Å². The maximum atomic E-state index is 10.1. The standard InChI is InChI=1S/C14H16O7/c1-18-7-4-2-6(3-5-7)14-19-11-8(15)12(20-14)10(17)13(21-14)9(11)16/h2-5,8-13,15-17H,1H3. The van der Waals surface area contributed by atoms with Gasteiger partial charge in [0.15, 0.2) is 0 Å². The average molecular weight is 296 g/mol. The Balaban J connectivity index is 1.73. The van der Waals surface area contributed by atoms with E-state index in [1.807, 2.05) is 0 Å². The lowest BCUT2D eigenvalue weighted by Crippen LogP contribution is -2.77. The summed E-state index contributed by atoms with van der Waals surface area (Å²) in [7, 11) is 1.56. The first kappa shape index (κ1) is 13.4. The van der Waals surface area contributed by atoms with E-state index in [0.717, 1.165) is 0 Å². The Bertz CT molecular complexity index is 492. The summed E-state index contributed by atoms with van der Waals surface area (Å²) < 4.78 is 22.0. The zero-order valence-electron chi connectivity index (χ0n) is 11.2. The van der Waals surface area contributed by atoms with Crippen LogP contribution in [0.2, 0.25) is 0 Å². The van der Waals surface area contributed by atoms with Gasteiger partial charge in [0.2, 0.25) is 0 Å². The van der Waals surface area contributed by atoms with Gasteiger partial charge in [-0.15, -0.1) is 0 Å². The number of aliphatic hydroxyl groups excluding tert-OH is 3. The lowest BCUT2D eigenvalue weighted by atomic mass is 9.81. The van der Waals surface area contributed by atoms with Gasteiger partial charge >= 0.3 is 5.97 Å². The van der Waals surface area contributed by atoms with Crippen molar-refractivity contribution in [1.82, 2.24) is 0 Å². The molecule has 0 unspecified atom stereocenters. The van der Waals surface area contributed by atoms with E-state index in [0.29, 0.717) is 11.3 Å². The zero-order chi connectivity index (χ0) is 14.8. The Morgan fingerprint density at radius 2 is 1.29 bits per heavy atom. The third-order valence-electron chi connectivity index (χ3n) is 4.34. The molecule has 3 heterocycles. The van der Waals surface area contributed by atoms with Crippen molar-refractivity contribution in [1.29, 1.82) is 0 Å². The summed E-state index contributed by atoms with van der Waals surface area (Å²) in [6, 6.07) is 6.90. The molecule has 0 radical (unpaired) electrons. The van der Waals surface area contributed by atoms with Gasteiger partial charge in [0.05, 0.1) is 7.11 Å². The molecule has 3 saturated heterocycles. The largest absolute Gasteiger partial charge is 0.497 e. The summed E-state index contributed by atoms with van der Waals surface area (Å²) in [4.78, 5) is 0. The molecule has 1 aromatic carbocycles. The first-order valence-electron chi connectivity index (χ1n) is 6.78. The van der Waals surface area contributed by atoms with Gasteiger partial charge in [0, 0.05) is 5.56 Å². The second-order valence-corrected chi connectivity index (χ2v) is 5.50. The Morgan fingerprint density at radius 3 is 1.67 bits per heavy atom. The number of rotatable bonds is 2. The Hall–Kier alpha value is -1.22. The Morgan fingerprint density at radius 1 is 0.857 bits per heavy atom. The highest BCUT2D eigenvalue weighted by atomic mass is 16.9. The minimum Gasteiger partial charge on any atom is -0.497 e. The quantitative estimate of drug-likeness (QED) is 0.649. The molecule has 5 rings (SSSR count). The van der Waals surface area contributed by atoms with Crippen LogP contribution in [-0.4, -0.2) is 59.1 Å². The van der Waals surface area contributed by atoms with E-state index in [1.165, 1.54) is 0 Å². The van der Waals surface area contributed by atoms with Gasteiger partial charge in [-0.1, -0.05) is 0 Å². The molecule has 4 fully saturated rings. The van der Waals surface area contributed by atoms with Crippen LogP contribution >= 0.6 is 0 Å². The van der Waals surface area contributed by atoms with Crippen molar-refractivity contribution in [3.05, 3.63) is 29.8 Å². The van der Waals surface area contributed by atoms with Gasteiger partial charge < -0.3 is 34.3 Å². The normalized spacial score (nSPS) is 47.6. The third-order valence-corrected chi connectivity index (χ3v) is 4.34. The molecule has 3 aliphatic heterocycles. The van der Waals surface area contributed by atoms with E-state index in [4.69, 9.17) is 18.9 Å². The van der Waals surface area contributed by atoms with Crippen molar-refractivity contribution < 1.29 is 34.3 Å². The van der Waals surface area contributed by atoms with Crippen LogP contribution in [0.4, 0.5) is 0 Å². The molecule has 7 nitrogen and oxygen atoms in total. The second-order valence-electron chi connectivity index (χ2n) is 5.50. The minimum absolute atomic E-state index is 0.578. The molecule has 4 aliphatic rings. The van der Waals surface area contributed by atoms with Crippen LogP contribution < -0.4 is 4.74 Å². The van der Waals surface area contributed by atoms with E-state index >= 15 is 0 Å². The molecular weight excluding hydrogens is 280 g/mol. The molecule has 21 heavy (non-hydrogen) atoms. The van der Waals surface area contributed by atoms with Crippen LogP contribution in [-0.2, 0) is 20.2 Å². The van der Waals surface area contributed by atoms with Crippen molar-refractivity contribution >= 4 is 0 Å². The Labute approximate surface area is 120 Å². The van der Waals surface area contributed by atoms with Crippen LogP contribution in [0.3, 0.4) is 0 Å². The molecule has 114 valence electrons. The van der Waals surface area contributed by atoms with Crippen LogP contribution in [0.5, 0.6) is 5.75 Å². The van der Waals surface area contributed by atoms with E-state index in [1.54, 1.807) is 31.4 Å². The van der Waals surface area contributed by atoms with Gasteiger partial charge in [0.1, 0.15) is 42.4 Å². The van der Waals surface area contributed by atoms with Crippen molar-refractivity contribution in [2.45, 2.75) is 42.6 Å². The van der Waals surface area contributed by atoms with Crippen LogP contribution in [0, 0.1) is 0 Å². The molecule has 1 saturated carbocycles. The SMILES string of the molecule is COc1ccc(C23OC4C(O)C(O2)C(O)C(O3)C4O)cc1. The lowest BCUT2D eigenvalue weighted by molar-refractivity contribution is -0.548. The topological polar surface area (TPSA) is 97.6 Å². The summed E-state index contributed by atoms with van der Waals surface area (Å²) in [6.07, 6.45) is -5.85. The average Bonchev–Trinajstić information content (AvgIpc) is 2.52. The number of aliphatic hydroxyl groups is 3. The van der Waals surface area contributed by atoms with E-state index in [9.17, 15) is 15.3 Å². The molecule has 0 aromatic heterocycles. The van der Waals surface area contributed by atoms with Gasteiger partial charge in [-0.2, -0.15) is 0 Å². The first-order chi connectivity index (χ1) is 10.1. The monoisotopic (exact) mass is 296 g/mol. The maximum absolute atomic E-state index is 10.1. The van der Waals surface area contributed by atoms with Crippen LogP contribution in [0.15, 0.2) is 24.3 Å². The maximum Gasteiger partial charge on any atom is 0.313 e. The summed E-state index contributed by atoms with van der Waals surface area (Å²) in [5, 5.41) is 30.2. The molecule has 4 bridgehead atoms. The minimum atomic E-state index is -1.51. The van der Waals surface area contributed by atoms with Gasteiger partial charge in [-0.25, -0.2) is 0 Å². The molecule has 0 amide bonds. The predicted octanol–water partition coefficient (Wildman–Crippen LogP) is -0.915. The summed E-state index contributed by atoms with van der Waals surface area (Å²) in [5.74, 6) is -0.840. The highest BCUT2D eigenvalue weighted by Crippen LogP contribution is 2.50. The third kappa shape index (κ3) is 1.70. The van der Waals surface area contributed by atoms with Gasteiger partial charge in [-0.3, -0.25) is 0 Å². The van der Waals surface area contributed by atoms with Crippen LogP contribution in [0.1, 0.15) is 5.56 Å². The summed E-state index contributed by atoms with van der Waals surface area (Å²) in [6.45, 7) is 0. The van der Waals surface area contributed by atoms with Gasteiger partial charge in [-0.05, 0) is 24.3 Å². The highest BCUT2D eigenvalue weighted by molar-refractivity contribution is 5.30. The van der Waals surface area contributed by atoms with E-state index < -0.39 is 42.6 Å². The number of ether oxygens (including phenoxy) is 4. The number of hydrogen-bond donors (Lipinski definition) is 3. The summed E-state index contributed by atoms with van der Waals surface area (Å²) in [5.41, 5.74) is 0.578. The molecule has 0 spiro atoms.